The molecule has 8 nitrogen and oxygen atoms in total. The molecule has 1 heterocycles. The maximum absolute atomic E-state index is 13.7. The summed E-state index contributed by atoms with van der Waals surface area (Å²) < 4.78 is 10.5. The van der Waals surface area contributed by atoms with Crippen LogP contribution in [-0.2, 0) is 19.1 Å². The Morgan fingerprint density at radius 3 is 2.39 bits per heavy atom. The van der Waals surface area contributed by atoms with Crippen LogP contribution in [-0.4, -0.2) is 60.2 Å². The molecule has 1 aromatic rings. The topological polar surface area (TPSA) is 105 Å². The lowest BCUT2D eigenvalue weighted by Crippen LogP contribution is -2.52. The van der Waals surface area contributed by atoms with E-state index in [0.717, 1.165) is 0 Å². The van der Waals surface area contributed by atoms with Gasteiger partial charge in [-0.3, -0.25) is 14.4 Å². The van der Waals surface area contributed by atoms with Gasteiger partial charge in [-0.25, -0.2) is 0 Å². The number of likely N-dealkylation sites (tertiary alicyclic amines) is 1. The zero-order chi connectivity index (χ0) is 24.3. The number of fused-ring (bicyclic) bond motifs is 1. The molecule has 1 fully saturated rings. The lowest BCUT2D eigenvalue weighted by molar-refractivity contribution is -0.156. The number of allylic oxidation sites excluding steroid dienone is 1. The fourth-order valence-corrected chi connectivity index (χ4v) is 5.01. The molecule has 1 aliphatic carbocycles. The zero-order valence-corrected chi connectivity index (χ0v) is 19.9. The molecule has 1 saturated heterocycles. The fourth-order valence-electron chi connectivity index (χ4n) is 5.01. The molecule has 0 bridgehead atoms. The number of esters is 1. The number of amides is 2. The molecule has 8 heteroatoms. The van der Waals surface area contributed by atoms with E-state index in [1.165, 1.54) is 4.90 Å². The number of rotatable bonds is 8. The van der Waals surface area contributed by atoms with Crippen LogP contribution < -0.4 is 10.1 Å². The third-order valence-corrected chi connectivity index (χ3v) is 6.71. The highest BCUT2D eigenvalue weighted by atomic mass is 16.5. The van der Waals surface area contributed by atoms with Crippen molar-refractivity contribution in [3.63, 3.8) is 0 Å². The second-order valence-corrected chi connectivity index (χ2v) is 9.03. The van der Waals surface area contributed by atoms with Crippen LogP contribution in [0.2, 0.25) is 0 Å². The maximum atomic E-state index is 13.7. The van der Waals surface area contributed by atoms with Gasteiger partial charge in [-0.15, -0.1) is 0 Å². The molecule has 0 unspecified atom stereocenters. The summed E-state index contributed by atoms with van der Waals surface area (Å²) in [5.74, 6) is -2.62. The predicted octanol–water partition coefficient (Wildman–Crippen LogP) is 2.48. The SMILES string of the molecule is CCOC(=O)[C@H]1[C@@H]2C(=O)N([C@@H](CO)C(C)C)[C@H](C(=O)Nc3ccc(OC)cc3)[C@H]2C=C[C@H]1C. The lowest BCUT2D eigenvalue weighted by Gasteiger charge is -2.35. The van der Waals surface area contributed by atoms with Crippen molar-refractivity contribution in [2.75, 3.05) is 25.6 Å². The van der Waals surface area contributed by atoms with Crippen LogP contribution in [0, 0.1) is 29.6 Å². The number of hydrogen-bond donors (Lipinski definition) is 2. The molecule has 1 aromatic carbocycles. The van der Waals surface area contributed by atoms with Crippen LogP contribution in [0.25, 0.3) is 0 Å². The minimum Gasteiger partial charge on any atom is -0.497 e. The standard InChI is InChI=1S/C25H34N2O6/c1-6-33-25(31)20-15(4)7-12-18-21(20)24(30)27(19(13-28)14(2)3)22(18)23(29)26-16-8-10-17(32-5)11-9-16/h7-12,14-15,18-22,28H,6,13H2,1-5H3,(H,26,29)/t15-,18+,19+,20-,21-,22+/m1/s1. The van der Waals surface area contributed by atoms with E-state index in [9.17, 15) is 19.5 Å². The van der Waals surface area contributed by atoms with Crippen molar-refractivity contribution in [1.82, 2.24) is 4.90 Å². The Kier molecular flexibility index (Phi) is 7.79. The summed E-state index contributed by atoms with van der Waals surface area (Å²) >= 11 is 0. The van der Waals surface area contributed by atoms with Crippen LogP contribution in [0.15, 0.2) is 36.4 Å². The molecule has 6 atom stereocenters. The summed E-state index contributed by atoms with van der Waals surface area (Å²) in [6.45, 7) is 7.34. The number of nitrogens with one attached hydrogen (secondary N) is 1. The number of methoxy groups -OCH3 is 1. The zero-order valence-electron chi connectivity index (χ0n) is 19.9. The number of benzene rings is 1. The Morgan fingerprint density at radius 1 is 1.18 bits per heavy atom. The number of ether oxygens (including phenoxy) is 2. The average Bonchev–Trinajstić information content (AvgIpc) is 3.07. The molecule has 2 N–H and O–H groups in total. The minimum absolute atomic E-state index is 0.0853. The van der Waals surface area contributed by atoms with Crippen LogP contribution in [0.1, 0.15) is 27.7 Å². The number of carbonyl (C=O) groups is 3. The van der Waals surface area contributed by atoms with Crippen LogP contribution in [0.5, 0.6) is 5.75 Å². The fraction of sp³-hybridized carbons (Fsp3) is 0.560. The Bertz CT molecular complexity index is 897. The maximum Gasteiger partial charge on any atom is 0.310 e. The van der Waals surface area contributed by atoms with Crippen LogP contribution in [0.3, 0.4) is 0 Å². The normalized spacial score (nSPS) is 27.3. The first-order chi connectivity index (χ1) is 15.7. The van der Waals surface area contributed by atoms with E-state index in [1.54, 1.807) is 38.3 Å². The molecule has 180 valence electrons. The molecule has 0 spiro atoms. The molecule has 1 aliphatic heterocycles. The molecule has 2 aliphatic rings. The van der Waals surface area contributed by atoms with E-state index < -0.39 is 35.8 Å². The Morgan fingerprint density at radius 2 is 1.85 bits per heavy atom. The number of anilines is 1. The van der Waals surface area contributed by atoms with E-state index in [1.807, 2.05) is 32.9 Å². The van der Waals surface area contributed by atoms with E-state index in [4.69, 9.17) is 9.47 Å². The minimum atomic E-state index is -0.857. The smallest absolute Gasteiger partial charge is 0.310 e. The third-order valence-electron chi connectivity index (χ3n) is 6.71. The van der Waals surface area contributed by atoms with Crippen molar-refractivity contribution in [3.05, 3.63) is 36.4 Å². The van der Waals surface area contributed by atoms with Crippen molar-refractivity contribution in [3.8, 4) is 5.75 Å². The van der Waals surface area contributed by atoms with Gasteiger partial charge in [0.05, 0.1) is 38.2 Å². The van der Waals surface area contributed by atoms with Gasteiger partial charge in [0, 0.05) is 11.6 Å². The van der Waals surface area contributed by atoms with E-state index in [2.05, 4.69) is 5.32 Å². The van der Waals surface area contributed by atoms with E-state index in [0.29, 0.717) is 11.4 Å². The highest BCUT2D eigenvalue weighted by Gasteiger charge is 2.58. The van der Waals surface area contributed by atoms with Gasteiger partial charge in [-0.2, -0.15) is 0 Å². The first kappa shape index (κ1) is 24.8. The van der Waals surface area contributed by atoms with E-state index >= 15 is 0 Å². The molecule has 2 amide bonds. The summed E-state index contributed by atoms with van der Waals surface area (Å²) in [4.78, 5) is 41.6. The van der Waals surface area contributed by atoms with E-state index in [-0.39, 0.29) is 36.9 Å². The highest BCUT2D eigenvalue weighted by molar-refractivity contribution is 6.01. The first-order valence-corrected chi connectivity index (χ1v) is 11.5. The van der Waals surface area contributed by atoms with Gasteiger partial charge in [0.15, 0.2) is 0 Å². The van der Waals surface area contributed by atoms with Gasteiger partial charge in [0.1, 0.15) is 11.8 Å². The molecular formula is C25H34N2O6. The second-order valence-electron chi connectivity index (χ2n) is 9.03. The largest absolute Gasteiger partial charge is 0.497 e. The molecule has 3 rings (SSSR count). The van der Waals surface area contributed by atoms with Crippen molar-refractivity contribution < 1.29 is 29.0 Å². The third kappa shape index (κ3) is 4.76. The van der Waals surface area contributed by atoms with Crippen molar-refractivity contribution in [1.29, 1.82) is 0 Å². The van der Waals surface area contributed by atoms with Gasteiger partial charge in [0.2, 0.25) is 11.8 Å². The van der Waals surface area contributed by atoms with Crippen LogP contribution in [0.4, 0.5) is 5.69 Å². The predicted molar refractivity (Wildman–Crippen MR) is 123 cm³/mol. The number of carbonyl (C=O) groups excluding carboxylic acids is 3. The monoisotopic (exact) mass is 458 g/mol. The van der Waals surface area contributed by atoms with Gasteiger partial charge in [0.25, 0.3) is 0 Å². The summed E-state index contributed by atoms with van der Waals surface area (Å²) in [5.41, 5.74) is 0.567. The number of aliphatic hydroxyl groups is 1. The van der Waals surface area contributed by atoms with Gasteiger partial charge >= 0.3 is 5.97 Å². The highest BCUT2D eigenvalue weighted by Crippen LogP contribution is 2.45. The number of nitrogens with zero attached hydrogens (tertiary/aromatic N) is 1. The molecular weight excluding hydrogens is 424 g/mol. The number of aliphatic hydroxyl groups excluding tert-OH is 1. The first-order valence-electron chi connectivity index (χ1n) is 11.5. The van der Waals surface area contributed by atoms with Gasteiger partial charge < -0.3 is 24.8 Å². The Labute approximate surface area is 194 Å². The van der Waals surface area contributed by atoms with Gasteiger partial charge in [-0.1, -0.05) is 32.9 Å². The average molecular weight is 459 g/mol. The van der Waals surface area contributed by atoms with Crippen molar-refractivity contribution in [2.24, 2.45) is 29.6 Å². The second kappa shape index (κ2) is 10.4. The number of hydrogen-bond acceptors (Lipinski definition) is 6. The molecule has 33 heavy (non-hydrogen) atoms. The Hall–Kier alpha value is -2.87. The van der Waals surface area contributed by atoms with Crippen molar-refractivity contribution in [2.45, 2.75) is 39.8 Å². The molecule has 0 saturated carbocycles. The summed E-state index contributed by atoms with van der Waals surface area (Å²) in [6, 6.07) is 5.51. The summed E-state index contributed by atoms with van der Waals surface area (Å²) in [5, 5.41) is 13.0. The molecule has 0 aromatic heterocycles. The molecule has 0 radical (unpaired) electrons. The summed E-state index contributed by atoms with van der Waals surface area (Å²) in [6.07, 6.45) is 3.76. The van der Waals surface area contributed by atoms with Crippen LogP contribution >= 0.6 is 0 Å². The van der Waals surface area contributed by atoms with Crippen molar-refractivity contribution >= 4 is 23.5 Å². The van der Waals surface area contributed by atoms with Gasteiger partial charge in [-0.05, 0) is 43.0 Å². The quantitative estimate of drug-likeness (QED) is 0.458. The lowest BCUT2D eigenvalue weighted by atomic mass is 9.70. The Balaban J connectivity index is 2.00. The summed E-state index contributed by atoms with van der Waals surface area (Å²) in [7, 11) is 1.56.